The van der Waals surface area contributed by atoms with Crippen LogP contribution in [0.3, 0.4) is 0 Å². The second kappa shape index (κ2) is 5.21. The van der Waals surface area contributed by atoms with E-state index in [2.05, 4.69) is 12.2 Å². The summed E-state index contributed by atoms with van der Waals surface area (Å²) in [5.41, 5.74) is 0. The van der Waals surface area contributed by atoms with Gasteiger partial charge >= 0.3 is 0 Å². The maximum Gasteiger partial charge on any atom is 0.120 e. The molecule has 88 valence electrons. The van der Waals surface area contributed by atoms with Gasteiger partial charge in [-0.2, -0.15) is 0 Å². The van der Waals surface area contributed by atoms with Gasteiger partial charge in [-0.05, 0) is 44.0 Å². The summed E-state index contributed by atoms with van der Waals surface area (Å²) in [5, 5.41) is 3.45. The molecule has 3 heteroatoms. The van der Waals surface area contributed by atoms with E-state index in [1.165, 1.54) is 12.8 Å². The Hall–Kier alpha value is -1.22. The van der Waals surface area contributed by atoms with Crippen molar-refractivity contribution in [3.63, 3.8) is 0 Å². The molecule has 1 aliphatic carbocycles. The molecule has 0 bridgehead atoms. The standard InChI is InChI=1S/C13H19NO2/c1-10(9-14-11-3-4-11)16-13-7-5-12(15-2)6-8-13/h5-8,10-11,14H,3-4,9H2,1-2H3. The number of hydrogen-bond acceptors (Lipinski definition) is 3. The van der Waals surface area contributed by atoms with Gasteiger partial charge in [0.1, 0.15) is 17.6 Å². The van der Waals surface area contributed by atoms with Crippen LogP contribution in [0.2, 0.25) is 0 Å². The monoisotopic (exact) mass is 221 g/mol. The second-order valence-corrected chi connectivity index (χ2v) is 4.29. The Balaban J connectivity index is 1.77. The van der Waals surface area contributed by atoms with Gasteiger partial charge in [-0.1, -0.05) is 0 Å². The normalized spacial score (nSPS) is 16.9. The SMILES string of the molecule is COc1ccc(OC(C)CNC2CC2)cc1. The molecule has 1 aromatic carbocycles. The molecule has 1 aromatic rings. The Kier molecular flexibility index (Phi) is 3.67. The average molecular weight is 221 g/mol. The van der Waals surface area contributed by atoms with Crippen molar-refractivity contribution in [2.24, 2.45) is 0 Å². The van der Waals surface area contributed by atoms with E-state index in [-0.39, 0.29) is 6.10 Å². The molecule has 0 amide bonds. The fourth-order valence-electron chi connectivity index (χ4n) is 1.55. The smallest absolute Gasteiger partial charge is 0.120 e. The molecule has 0 spiro atoms. The number of nitrogens with one attached hydrogen (secondary N) is 1. The number of rotatable bonds is 6. The van der Waals surface area contributed by atoms with Gasteiger partial charge in [0.25, 0.3) is 0 Å². The summed E-state index contributed by atoms with van der Waals surface area (Å²) in [7, 11) is 1.66. The third-order valence-corrected chi connectivity index (χ3v) is 2.67. The van der Waals surface area contributed by atoms with Crippen LogP contribution in [0.1, 0.15) is 19.8 Å². The van der Waals surface area contributed by atoms with E-state index in [0.717, 1.165) is 24.1 Å². The summed E-state index contributed by atoms with van der Waals surface area (Å²) in [6.45, 7) is 3.00. The zero-order valence-electron chi connectivity index (χ0n) is 9.90. The van der Waals surface area contributed by atoms with E-state index in [9.17, 15) is 0 Å². The Morgan fingerprint density at radius 3 is 2.44 bits per heavy atom. The van der Waals surface area contributed by atoms with Gasteiger partial charge in [0.15, 0.2) is 0 Å². The third kappa shape index (κ3) is 3.42. The highest BCUT2D eigenvalue weighted by Gasteiger charge is 2.21. The lowest BCUT2D eigenvalue weighted by Crippen LogP contribution is -2.30. The van der Waals surface area contributed by atoms with Crippen molar-refractivity contribution in [3.8, 4) is 11.5 Å². The largest absolute Gasteiger partial charge is 0.497 e. The van der Waals surface area contributed by atoms with Crippen LogP contribution in [-0.4, -0.2) is 25.8 Å². The van der Waals surface area contributed by atoms with Crippen LogP contribution < -0.4 is 14.8 Å². The first-order chi connectivity index (χ1) is 7.78. The van der Waals surface area contributed by atoms with Crippen molar-refractivity contribution in [2.75, 3.05) is 13.7 Å². The first-order valence-electron chi connectivity index (χ1n) is 5.82. The highest BCUT2D eigenvalue weighted by molar-refractivity contribution is 5.31. The van der Waals surface area contributed by atoms with E-state index < -0.39 is 0 Å². The zero-order chi connectivity index (χ0) is 11.4. The number of ether oxygens (including phenoxy) is 2. The first kappa shape index (κ1) is 11.3. The quantitative estimate of drug-likeness (QED) is 0.799. The van der Waals surface area contributed by atoms with E-state index in [1.54, 1.807) is 7.11 Å². The van der Waals surface area contributed by atoms with Crippen molar-refractivity contribution in [3.05, 3.63) is 24.3 Å². The lowest BCUT2D eigenvalue weighted by Gasteiger charge is -2.15. The van der Waals surface area contributed by atoms with Crippen LogP contribution in [0, 0.1) is 0 Å². The van der Waals surface area contributed by atoms with Crippen molar-refractivity contribution < 1.29 is 9.47 Å². The molecular weight excluding hydrogens is 202 g/mol. The summed E-state index contributed by atoms with van der Waals surface area (Å²) >= 11 is 0. The van der Waals surface area contributed by atoms with E-state index in [1.807, 2.05) is 24.3 Å². The molecule has 0 aliphatic heterocycles. The Morgan fingerprint density at radius 1 is 1.25 bits per heavy atom. The molecule has 1 aliphatic rings. The van der Waals surface area contributed by atoms with Crippen LogP contribution in [-0.2, 0) is 0 Å². The molecule has 16 heavy (non-hydrogen) atoms. The van der Waals surface area contributed by atoms with Gasteiger partial charge in [-0.25, -0.2) is 0 Å². The molecular formula is C13H19NO2. The lowest BCUT2D eigenvalue weighted by atomic mass is 10.3. The summed E-state index contributed by atoms with van der Waals surface area (Å²) < 4.78 is 10.9. The van der Waals surface area contributed by atoms with Gasteiger partial charge in [0, 0.05) is 12.6 Å². The maximum absolute atomic E-state index is 5.77. The highest BCUT2D eigenvalue weighted by Crippen LogP contribution is 2.20. The Labute approximate surface area is 96.8 Å². The number of methoxy groups -OCH3 is 1. The molecule has 0 aromatic heterocycles. The van der Waals surface area contributed by atoms with E-state index in [4.69, 9.17) is 9.47 Å². The highest BCUT2D eigenvalue weighted by atomic mass is 16.5. The zero-order valence-corrected chi connectivity index (χ0v) is 9.90. The molecule has 1 unspecified atom stereocenters. The Morgan fingerprint density at radius 2 is 1.88 bits per heavy atom. The van der Waals surface area contributed by atoms with Gasteiger partial charge in [-0.15, -0.1) is 0 Å². The van der Waals surface area contributed by atoms with Gasteiger partial charge in [0.2, 0.25) is 0 Å². The van der Waals surface area contributed by atoms with E-state index in [0.29, 0.717) is 0 Å². The van der Waals surface area contributed by atoms with Crippen LogP contribution in [0.4, 0.5) is 0 Å². The molecule has 1 fully saturated rings. The van der Waals surface area contributed by atoms with Crippen LogP contribution in [0.15, 0.2) is 24.3 Å². The molecule has 0 heterocycles. The minimum Gasteiger partial charge on any atom is -0.497 e. The van der Waals surface area contributed by atoms with Crippen LogP contribution in [0.25, 0.3) is 0 Å². The second-order valence-electron chi connectivity index (χ2n) is 4.29. The molecule has 0 radical (unpaired) electrons. The lowest BCUT2D eigenvalue weighted by molar-refractivity contribution is 0.216. The van der Waals surface area contributed by atoms with Gasteiger partial charge in [0.05, 0.1) is 7.11 Å². The summed E-state index contributed by atoms with van der Waals surface area (Å²) in [4.78, 5) is 0. The predicted molar refractivity (Wildman–Crippen MR) is 64.1 cm³/mol. The molecule has 2 rings (SSSR count). The molecule has 1 N–H and O–H groups in total. The van der Waals surface area contributed by atoms with E-state index >= 15 is 0 Å². The average Bonchev–Trinajstić information content (AvgIpc) is 3.11. The predicted octanol–water partition coefficient (Wildman–Crippen LogP) is 2.21. The van der Waals surface area contributed by atoms with Gasteiger partial charge < -0.3 is 14.8 Å². The fraction of sp³-hybridized carbons (Fsp3) is 0.538. The van der Waals surface area contributed by atoms with Crippen molar-refractivity contribution >= 4 is 0 Å². The first-order valence-corrected chi connectivity index (χ1v) is 5.82. The third-order valence-electron chi connectivity index (χ3n) is 2.67. The van der Waals surface area contributed by atoms with Crippen LogP contribution >= 0.6 is 0 Å². The molecule has 3 nitrogen and oxygen atoms in total. The van der Waals surface area contributed by atoms with Crippen molar-refractivity contribution in [1.82, 2.24) is 5.32 Å². The summed E-state index contributed by atoms with van der Waals surface area (Å²) in [5.74, 6) is 1.75. The topological polar surface area (TPSA) is 30.5 Å². The molecule has 1 atom stereocenters. The number of hydrogen-bond donors (Lipinski definition) is 1. The maximum atomic E-state index is 5.77. The number of benzene rings is 1. The fourth-order valence-corrected chi connectivity index (χ4v) is 1.55. The summed E-state index contributed by atoms with van der Waals surface area (Å²) in [6, 6.07) is 8.44. The Bertz CT molecular complexity index is 319. The molecule has 1 saturated carbocycles. The van der Waals surface area contributed by atoms with Crippen molar-refractivity contribution in [2.45, 2.75) is 31.9 Å². The van der Waals surface area contributed by atoms with Crippen LogP contribution in [0.5, 0.6) is 11.5 Å². The molecule has 0 saturated heterocycles. The minimum atomic E-state index is 0.203. The summed E-state index contributed by atoms with van der Waals surface area (Å²) in [6.07, 6.45) is 2.83. The van der Waals surface area contributed by atoms with Crippen molar-refractivity contribution in [1.29, 1.82) is 0 Å². The van der Waals surface area contributed by atoms with Gasteiger partial charge in [-0.3, -0.25) is 0 Å². The minimum absolute atomic E-state index is 0.203.